The average Bonchev–Trinajstić information content (AvgIpc) is 3.05. The first-order chi connectivity index (χ1) is 14.8. The second-order valence-corrected chi connectivity index (χ2v) is 8.53. The molecule has 3 rings (SSSR count). The van der Waals surface area contributed by atoms with E-state index >= 15 is 0 Å². The van der Waals surface area contributed by atoms with Crippen molar-refractivity contribution in [1.82, 2.24) is 9.78 Å². The van der Waals surface area contributed by atoms with Gasteiger partial charge in [0.1, 0.15) is 5.75 Å². The van der Waals surface area contributed by atoms with Gasteiger partial charge in [0.25, 0.3) is 0 Å². The van der Waals surface area contributed by atoms with E-state index in [1.807, 2.05) is 52.0 Å². The fraction of sp³-hybridized carbons (Fsp3) is 0.609. The number of hydrogen-bond donors (Lipinski definition) is 3. The molecule has 1 saturated heterocycles. The topological polar surface area (TPSA) is 106 Å². The summed E-state index contributed by atoms with van der Waals surface area (Å²) in [6.45, 7) is 7.58. The Morgan fingerprint density at radius 3 is 2.42 bits per heavy atom. The fourth-order valence-electron chi connectivity index (χ4n) is 3.78. The lowest BCUT2D eigenvalue weighted by molar-refractivity contribution is -0.186. The summed E-state index contributed by atoms with van der Waals surface area (Å²) in [5.74, 6) is 1.17. The zero-order valence-electron chi connectivity index (χ0n) is 18.7. The molecule has 8 heteroatoms. The van der Waals surface area contributed by atoms with Crippen molar-refractivity contribution in [2.24, 2.45) is 0 Å². The molecule has 0 aliphatic carbocycles. The molecule has 1 aromatic carbocycles. The van der Waals surface area contributed by atoms with Crippen LogP contribution in [0.4, 0.5) is 0 Å². The molecule has 1 aliphatic heterocycles. The second kappa shape index (κ2) is 10.5. The van der Waals surface area contributed by atoms with E-state index in [2.05, 4.69) is 5.10 Å². The van der Waals surface area contributed by atoms with E-state index in [0.717, 1.165) is 16.9 Å². The van der Waals surface area contributed by atoms with Crippen LogP contribution < -0.4 is 9.47 Å². The highest BCUT2D eigenvalue weighted by atomic mass is 16.7. The van der Waals surface area contributed by atoms with Gasteiger partial charge in [0.2, 0.25) is 12.2 Å². The van der Waals surface area contributed by atoms with Gasteiger partial charge in [-0.15, -0.1) is 5.10 Å². The van der Waals surface area contributed by atoms with Gasteiger partial charge in [0.05, 0.1) is 37.2 Å². The van der Waals surface area contributed by atoms with Crippen LogP contribution in [0.1, 0.15) is 63.4 Å². The van der Waals surface area contributed by atoms with Gasteiger partial charge in [-0.05, 0) is 45.4 Å². The Morgan fingerprint density at radius 2 is 1.84 bits per heavy atom. The van der Waals surface area contributed by atoms with Gasteiger partial charge in [-0.1, -0.05) is 12.1 Å². The van der Waals surface area contributed by atoms with Gasteiger partial charge in [-0.2, -0.15) is 0 Å². The van der Waals surface area contributed by atoms with Crippen molar-refractivity contribution in [3.05, 3.63) is 41.1 Å². The van der Waals surface area contributed by atoms with E-state index in [0.29, 0.717) is 30.8 Å². The van der Waals surface area contributed by atoms with Crippen molar-refractivity contribution in [2.75, 3.05) is 6.61 Å². The van der Waals surface area contributed by atoms with Crippen LogP contribution >= 0.6 is 0 Å². The first-order valence-electron chi connectivity index (χ1n) is 10.9. The van der Waals surface area contributed by atoms with Crippen LogP contribution in [-0.4, -0.2) is 56.3 Å². The van der Waals surface area contributed by atoms with Crippen LogP contribution in [0.5, 0.6) is 11.6 Å². The largest absolute Gasteiger partial charge is 0.491 e. The maximum Gasteiger partial charge on any atom is 0.239 e. The van der Waals surface area contributed by atoms with Crippen molar-refractivity contribution in [3.63, 3.8) is 0 Å². The summed E-state index contributed by atoms with van der Waals surface area (Å²) < 4.78 is 19.3. The van der Waals surface area contributed by atoms with E-state index in [9.17, 15) is 15.3 Å². The molecule has 0 amide bonds. The predicted molar refractivity (Wildman–Crippen MR) is 115 cm³/mol. The third-order valence-electron chi connectivity index (χ3n) is 5.19. The molecule has 0 radical (unpaired) electrons. The van der Waals surface area contributed by atoms with Crippen LogP contribution in [0.2, 0.25) is 0 Å². The molecular weight excluding hydrogens is 400 g/mol. The Hall–Kier alpha value is -2.13. The number of benzene rings is 1. The first kappa shape index (κ1) is 23.5. The van der Waals surface area contributed by atoms with E-state index in [1.54, 1.807) is 4.68 Å². The van der Waals surface area contributed by atoms with Crippen LogP contribution in [0.15, 0.2) is 24.3 Å². The molecule has 172 valence electrons. The van der Waals surface area contributed by atoms with E-state index in [4.69, 9.17) is 14.2 Å². The molecule has 3 N–H and O–H groups in total. The molecule has 0 bridgehead atoms. The molecule has 0 saturated carbocycles. The van der Waals surface area contributed by atoms with Crippen molar-refractivity contribution in [1.29, 1.82) is 0 Å². The molecule has 1 aromatic heterocycles. The first-order valence-corrected chi connectivity index (χ1v) is 10.9. The summed E-state index contributed by atoms with van der Waals surface area (Å²) in [5, 5.41) is 34.2. The fourth-order valence-corrected chi connectivity index (χ4v) is 3.78. The van der Waals surface area contributed by atoms with Gasteiger partial charge in [0.15, 0.2) is 0 Å². The lowest BCUT2D eigenvalue weighted by Crippen LogP contribution is -2.40. The monoisotopic (exact) mass is 434 g/mol. The lowest BCUT2D eigenvalue weighted by atomic mass is 10.0. The normalized spacial score (nSPS) is 21.6. The van der Waals surface area contributed by atoms with Crippen LogP contribution in [0.25, 0.3) is 0 Å². The Morgan fingerprint density at radius 1 is 1.13 bits per heavy atom. The van der Waals surface area contributed by atoms with Crippen LogP contribution in [0, 0.1) is 0 Å². The zero-order chi connectivity index (χ0) is 22.5. The van der Waals surface area contributed by atoms with Crippen molar-refractivity contribution < 1.29 is 29.5 Å². The zero-order valence-corrected chi connectivity index (χ0v) is 18.7. The number of aliphatic hydroxyl groups excluding tert-OH is 3. The van der Waals surface area contributed by atoms with Crippen LogP contribution in [0.3, 0.4) is 0 Å². The molecule has 2 aromatic rings. The molecule has 8 nitrogen and oxygen atoms in total. The Bertz CT molecular complexity index is 833. The van der Waals surface area contributed by atoms with E-state index < -0.39 is 18.5 Å². The molecule has 3 atom stereocenters. The third-order valence-corrected chi connectivity index (χ3v) is 5.19. The minimum Gasteiger partial charge on any atom is -0.491 e. The van der Waals surface area contributed by atoms with E-state index in [-0.39, 0.29) is 25.4 Å². The quantitative estimate of drug-likeness (QED) is 0.557. The summed E-state index contributed by atoms with van der Waals surface area (Å²) >= 11 is 0. The molecule has 2 heterocycles. The number of hydrogen-bond acceptors (Lipinski definition) is 7. The number of ether oxygens (including phenoxy) is 3. The third kappa shape index (κ3) is 5.98. The summed E-state index contributed by atoms with van der Waals surface area (Å²) in [7, 11) is 0. The van der Waals surface area contributed by atoms with Crippen molar-refractivity contribution in [2.45, 2.75) is 84.2 Å². The maximum absolute atomic E-state index is 10.1. The van der Waals surface area contributed by atoms with Crippen molar-refractivity contribution >= 4 is 0 Å². The smallest absolute Gasteiger partial charge is 0.239 e. The van der Waals surface area contributed by atoms with Gasteiger partial charge >= 0.3 is 0 Å². The standard InChI is InChI=1S/C23H34N2O6/c1-14(2)25-21(13-27)20(9-16-5-7-18(8-6-16)29-15(3)4)23(24-25)31-22-11-17(28)10-19(12-26)30-22/h5-8,14-15,17,19,22,26-28H,9-13H2,1-4H3. The summed E-state index contributed by atoms with van der Waals surface area (Å²) in [4.78, 5) is 0. The summed E-state index contributed by atoms with van der Waals surface area (Å²) in [6.07, 6.45) is -0.532. The van der Waals surface area contributed by atoms with Gasteiger partial charge in [0, 0.05) is 30.9 Å². The molecule has 1 fully saturated rings. The average molecular weight is 435 g/mol. The van der Waals surface area contributed by atoms with Gasteiger partial charge < -0.3 is 29.5 Å². The lowest BCUT2D eigenvalue weighted by Gasteiger charge is -2.31. The Labute approximate surface area is 183 Å². The Kier molecular flexibility index (Phi) is 7.94. The summed E-state index contributed by atoms with van der Waals surface area (Å²) in [6, 6.07) is 7.85. The van der Waals surface area contributed by atoms with Gasteiger partial charge in [-0.25, -0.2) is 0 Å². The maximum atomic E-state index is 10.1. The number of aliphatic hydroxyl groups is 3. The highest BCUT2D eigenvalue weighted by Gasteiger charge is 2.31. The SMILES string of the molecule is CC(C)Oc1ccc(Cc2c(OC3CC(O)CC(CO)O3)nn(C(C)C)c2CO)cc1. The number of rotatable bonds is 9. The Balaban J connectivity index is 1.87. The predicted octanol–water partition coefficient (Wildman–Crippen LogP) is 2.57. The highest BCUT2D eigenvalue weighted by molar-refractivity contribution is 5.38. The molecule has 0 spiro atoms. The minimum atomic E-state index is -0.719. The minimum absolute atomic E-state index is 0.0307. The molecular formula is C23H34N2O6. The van der Waals surface area contributed by atoms with Crippen LogP contribution in [-0.2, 0) is 17.8 Å². The van der Waals surface area contributed by atoms with Gasteiger partial charge in [-0.3, -0.25) is 4.68 Å². The number of aromatic nitrogens is 2. The second-order valence-electron chi connectivity index (χ2n) is 8.53. The number of nitrogens with zero attached hydrogens (tertiary/aromatic N) is 2. The summed E-state index contributed by atoms with van der Waals surface area (Å²) in [5.41, 5.74) is 2.48. The molecule has 3 unspecified atom stereocenters. The highest BCUT2D eigenvalue weighted by Crippen LogP contribution is 2.31. The van der Waals surface area contributed by atoms with E-state index in [1.165, 1.54) is 0 Å². The molecule has 31 heavy (non-hydrogen) atoms. The molecule has 1 aliphatic rings. The van der Waals surface area contributed by atoms with Crippen molar-refractivity contribution in [3.8, 4) is 11.6 Å².